The Hall–Kier alpha value is -0.260. The lowest BCUT2D eigenvalue weighted by Crippen LogP contribution is -1.84. The molecule has 0 aromatic rings. The van der Waals surface area contributed by atoms with Gasteiger partial charge in [0.15, 0.2) is 0 Å². The molecule has 0 aromatic heterocycles. The van der Waals surface area contributed by atoms with Crippen LogP contribution in [0.15, 0.2) is 5.57 Å². The maximum Gasteiger partial charge on any atom is -0.0277 e. The van der Waals surface area contributed by atoms with E-state index in [1.807, 2.05) is 0 Å². The summed E-state index contributed by atoms with van der Waals surface area (Å²) in [6, 6.07) is 0. The van der Waals surface area contributed by atoms with E-state index >= 15 is 0 Å². The van der Waals surface area contributed by atoms with Crippen molar-refractivity contribution < 1.29 is 0 Å². The van der Waals surface area contributed by atoms with Crippen LogP contribution < -0.4 is 0 Å². The molecule has 0 unspecified atom stereocenters. The molecule has 143 valence electrons. The minimum Gasteiger partial charge on any atom is -0.0730 e. The summed E-state index contributed by atoms with van der Waals surface area (Å²) in [6.07, 6.45) is 30.7. The van der Waals surface area contributed by atoms with E-state index in [2.05, 4.69) is 26.8 Å². The van der Waals surface area contributed by atoms with Crippen molar-refractivity contribution in [3.05, 3.63) is 11.6 Å². The molecule has 0 spiro atoms. The summed E-state index contributed by atoms with van der Waals surface area (Å²) in [4.78, 5) is 0. The number of allylic oxidation sites excluding steroid dienone is 2. The molecule has 0 rings (SSSR count). The summed E-state index contributed by atoms with van der Waals surface area (Å²) < 4.78 is 0. The van der Waals surface area contributed by atoms with Crippen LogP contribution in [0.2, 0.25) is 0 Å². The van der Waals surface area contributed by atoms with Gasteiger partial charge < -0.3 is 0 Å². The molecule has 0 saturated carbocycles. The van der Waals surface area contributed by atoms with Gasteiger partial charge in [0, 0.05) is 0 Å². The first-order chi connectivity index (χ1) is 11.8. The second kappa shape index (κ2) is 20.8. The van der Waals surface area contributed by atoms with Crippen LogP contribution in [0.25, 0.3) is 0 Å². The molecule has 0 nitrogen and oxygen atoms in total. The van der Waals surface area contributed by atoms with Crippen molar-refractivity contribution in [1.82, 2.24) is 0 Å². The van der Waals surface area contributed by atoms with Gasteiger partial charge in [-0.1, -0.05) is 122 Å². The zero-order valence-corrected chi connectivity index (χ0v) is 17.4. The third-order valence-corrected chi connectivity index (χ3v) is 5.01. The quantitative estimate of drug-likeness (QED) is 0.206. The summed E-state index contributed by atoms with van der Waals surface area (Å²) in [5, 5.41) is 0. The first-order valence-corrected chi connectivity index (χ1v) is 11.3. The van der Waals surface area contributed by atoms with Gasteiger partial charge >= 0.3 is 0 Å². The van der Waals surface area contributed by atoms with Crippen LogP contribution in [0.1, 0.15) is 143 Å². The number of hydrogen-bond acceptors (Lipinski definition) is 0. The summed E-state index contributed by atoms with van der Waals surface area (Å²) in [6.45, 7) is 6.59. The molecule has 24 heavy (non-hydrogen) atoms. The van der Waals surface area contributed by atoms with Crippen molar-refractivity contribution in [3.8, 4) is 0 Å². The molecule has 0 heterocycles. The van der Waals surface area contributed by atoms with Crippen molar-refractivity contribution >= 4 is 0 Å². The van der Waals surface area contributed by atoms with E-state index < -0.39 is 0 Å². The molecular weight excluding hydrogens is 288 g/mol. The molecule has 0 N–H and O–H groups in total. The van der Waals surface area contributed by atoms with E-state index in [0.29, 0.717) is 0 Å². The van der Waals surface area contributed by atoms with Gasteiger partial charge in [0.1, 0.15) is 0 Å². The average Bonchev–Trinajstić information content (AvgIpc) is 2.56. The first kappa shape index (κ1) is 23.7. The van der Waals surface area contributed by atoms with Crippen molar-refractivity contribution in [2.24, 2.45) is 0 Å². The fourth-order valence-corrected chi connectivity index (χ4v) is 3.37. The second-order valence-corrected chi connectivity index (χ2v) is 7.94. The lowest BCUT2D eigenvalue weighted by Gasteiger charge is -2.03. The van der Waals surface area contributed by atoms with Crippen LogP contribution >= 0.6 is 0 Å². The molecule has 0 heteroatoms. The van der Waals surface area contributed by atoms with E-state index in [-0.39, 0.29) is 0 Å². The molecule has 0 aliphatic rings. The number of rotatable bonds is 19. The van der Waals surface area contributed by atoms with Crippen LogP contribution in [-0.2, 0) is 0 Å². The standard InChI is InChI=1S/C24H47/c1-4-5-6-7-8-9-10-11-12-13-14-15-16-17-18-19-20-21-22-23-24(2)3/h4-22H2,1-3H3. The Morgan fingerprint density at radius 2 is 0.750 bits per heavy atom. The molecule has 0 atom stereocenters. The highest BCUT2D eigenvalue weighted by Gasteiger charge is 1.95. The molecule has 0 aliphatic carbocycles. The molecule has 0 bridgehead atoms. The van der Waals surface area contributed by atoms with Crippen molar-refractivity contribution in [3.63, 3.8) is 0 Å². The van der Waals surface area contributed by atoms with Crippen LogP contribution in [-0.4, -0.2) is 0 Å². The highest BCUT2D eigenvalue weighted by Crippen LogP contribution is 2.14. The molecule has 0 saturated heterocycles. The summed E-state index contributed by atoms with van der Waals surface area (Å²) in [5.41, 5.74) is 1.35. The zero-order valence-electron chi connectivity index (χ0n) is 17.4. The zero-order chi connectivity index (χ0) is 17.7. The maximum atomic E-state index is 3.42. The lowest BCUT2D eigenvalue weighted by atomic mass is 10.0. The normalized spacial score (nSPS) is 11.0. The minimum absolute atomic E-state index is 1.17. The third kappa shape index (κ3) is 21.7. The minimum atomic E-state index is 1.17. The van der Waals surface area contributed by atoms with Gasteiger partial charge in [-0.25, -0.2) is 0 Å². The smallest absolute Gasteiger partial charge is 0.0277 e. The Bertz CT molecular complexity index is 247. The summed E-state index contributed by atoms with van der Waals surface area (Å²) >= 11 is 0. The average molecular weight is 336 g/mol. The van der Waals surface area contributed by atoms with E-state index in [1.54, 1.807) is 0 Å². The highest BCUT2D eigenvalue weighted by molar-refractivity contribution is 4.85. The Morgan fingerprint density at radius 1 is 0.458 bits per heavy atom. The van der Waals surface area contributed by atoms with Gasteiger partial charge in [-0.05, 0) is 32.8 Å². The predicted molar refractivity (Wildman–Crippen MR) is 112 cm³/mol. The van der Waals surface area contributed by atoms with Gasteiger partial charge in [-0.2, -0.15) is 0 Å². The van der Waals surface area contributed by atoms with Gasteiger partial charge in [-0.3, -0.25) is 0 Å². The molecule has 0 fully saturated rings. The Kier molecular flexibility index (Phi) is 20.6. The van der Waals surface area contributed by atoms with Crippen LogP contribution in [0.5, 0.6) is 0 Å². The Labute approximate surface area is 154 Å². The van der Waals surface area contributed by atoms with E-state index in [0.717, 1.165) is 0 Å². The molecule has 0 amide bonds. The fraction of sp³-hybridized carbons (Fsp3) is 0.917. The van der Waals surface area contributed by atoms with Gasteiger partial charge in [0.05, 0.1) is 0 Å². The predicted octanol–water partition coefficient (Wildman–Crippen LogP) is 9.19. The van der Waals surface area contributed by atoms with Crippen LogP contribution in [0.4, 0.5) is 0 Å². The number of unbranched alkanes of at least 4 members (excludes halogenated alkanes) is 18. The van der Waals surface area contributed by atoms with Crippen LogP contribution in [0, 0.1) is 6.08 Å². The third-order valence-electron chi connectivity index (χ3n) is 5.01. The topological polar surface area (TPSA) is 0 Å². The van der Waals surface area contributed by atoms with E-state index in [9.17, 15) is 0 Å². The van der Waals surface area contributed by atoms with Gasteiger partial charge in [-0.15, -0.1) is 0 Å². The SMILES string of the molecule is CCCCCCCCCCCCCCCCCCCC[C]=C(C)C. The molecular formula is C24H47. The van der Waals surface area contributed by atoms with Crippen molar-refractivity contribution in [2.45, 2.75) is 143 Å². The monoisotopic (exact) mass is 335 g/mol. The van der Waals surface area contributed by atoms with Crippen LogP contribution in [0.3, 0.4) is 0 Å². The number of hydrogen-bond donors (Lipinski definition) is 0. The maximum absolute atomic E-state index is 3.42. The summed E-state index contributed by atoms with van der Waals surface area (Å²) in [5.74, 6) is 0. The molecule has 0 aliphatic heterocycles. The lowest BCUT2D eigenvalue weighted by molar-refractivity contribution is 0.525. The molecule has 0 aromatic carbocycles. The molecule has 1 radical (unpaired) electrons. The fourth-order valence-electron chi connectivity index (χ4n) is 3.37. The first-order valence-electron chi connectivity index (χ1n) is 11.3. The summed E-state index contributed by atoms with van der Waals surface area (Å²) in [7, 11) is 0. The highest BCUT2D eigenvalue weighted by atomic mass is 14.0. The second-order valence-electron chi connectivity index (χ2n) is 7.94. The largest absolute Gasteiger partial charge is 0.0730 e. The van der Waals surface area contributed by atoms with Gasteiger partial charge in [0.2, 0.25) is 0 Å². The van der Waals surface area contributed by atoms with E-state index in [1.165, 1.54) is 128 Å². The van der Waals surface area contributed by atoms with Gasteiger partial charge in [0.25, 0.3) is 0 Å². The van der Waals surface area contributed by atoms with Crippen molar-refractivity contribution in [2.75, 3.05) is 0 Å². The van der Waals surface area contributed by atoms with E-state index in [4.69, 9.17) is 0 Å². The van der Waals surface area contributed by atoms with Crippen molar-refractivity contribution in [1.29, 1.82) is 0 Å². The Morgan fingerprint density at radius 3 is 1.04 bits per heavy atom. The Balaban J connectivity index is 2.99.